The van der Waals surface area contributed by atoms with E-state index < -0.39 is 10.0 Å². The highest BCUT2D eigenvalue weighted by Gasteiger charge is 2.23. The first kappa shape index (κ1) is 18.8. The Morgan fingerprint density at radius 3 is 2.54 bits per heavy atom. The molecule has 0 bridgehead atoms. The van der Waals surface area contributed by atoms with Gasteiger partial charge in [-0.15, -0.1) is 12.6 Å². The maximum Gasteiger partial charge on any atom is 0.269 e. The number of hydrogen-bond acceptors (Lipinski definition) is 5. The Labute approximate surface area is 159 Å². The first-order chi connectivity index (χ1) is 12.3. The minimum atomic E-state index is -3.75. The molecule has 0 atom stereocenters. The Morgan fingerprint density at radius 2 is 1.88 bits per heavy atom. The number of benzene rings is 2. The van der Waals surface area contributed by atoms with Crippen LogP contribution in [0.25, 0.3) is 10.9 Å². The summed E-state index contributed by atoms with van der Waals surface area (Å²) >= 11 is 4.32. The van der Waals surface area contributed by atoms with Gasteiger partial charge in [0.2, 0.25) is 0 Å². The summed E-state index contributed by atoms with van der Waals surface area (Å²) in [7, 11) is 1.84. The number of nitrogens with zero attached hydrogens (tertiary/aromatic N) is 2. The van der Waals surface area contributed by atoms with Crippen LogP contribution in [0, 0.1) is 0 Å². The van der Waals surface area contributed by atoms with E-state index in [1.54, 1.807) is 49.7 Å². The molecule has 0 aliphatic rings. The number of likely N-dealkylation sites (N-methyl/N-ethyl adjacent to an activating group) is 1. The molecule has 7 heteroatoms. The van der Waals surface area contributed by atoms with Gasteiger partial charge in [-0.1, -0.05) is 12.1 Å². The third-order valence-corrected chi connectivity index (χ3v) is 6.56. The van der Waals surface area contributed by atoms with Crippen molar-refractivity contribution in [1.29, 1.82) is 0 Å². The summed E-state index contributed by atoms with van der Waals surface area (Å²) in [5.74, 6) is 0.702. The second kappa shape index (κ2) is 7.34. The van der Waals surface area contributed by atoms with Crippen molar-refractivity contribution in [2.45, 2.75) is 16.2 Å². The fraction of sp³-hybridized carbons (Fsp3) is 0.263. The quantitative estimate of drug-likeness (QED) is 0.657. The van der Waals surface area contributed by atoms with E-state index in [0.29, 0.717) is 16.2 Å². The summed E-state index contributed by atoms with van der Waals surface area (Å²) in [5, 5.41) is 0.881. The second-order valence-corrected chi connectivity index (χ2v) is 8.62. The summed E-state index contributed by atoms with van der Waals surface area (Å²) in [5.41, 5.74) is 1.60. The molecular formula is C19H22N2O3S2. The van der Waals surface area contributed by atoms with Crippen molar-refractivity contribution in [3.8, 4) is 5.75 Å². The standard InChI is InChI=1S/C19H22N2O3S2/c1-20(2)11-10-14-13-21(17-9-8-15(24-3)12-16(14)17)26(22,23)19-7-5-4-6-18(19)25/h4-9,12-13,25H,10-11H2,1-3H3. The van der Waals surface area contributed by atoms with Gasteiger partial charge in [-0.2, -0.15) is 0 Å². The molecule has 0 fully saturated rings. The monoisotopic (exact) mass is 390 g/mol. The third-order valence-electron chi connectivity index (χ3n) is 4.29. The number of thiol groups is 1. The number of ether oxygens (including phenoxy) is 1. The zero-order chi connectivity index (χ0) is 18.9. The molecule has 1 heterocycles. The van der Waals surface area contributed by atoms with Crippen LogP contribution < -0.4 is 4.74 Å². The van der Waals surface area contributed by atoms with Crippen LogP contribution in [0.15, 0.2) is 58.5 Å². The molecule has 2 aromatic carbocycles. The minimum absolute atomic E-state index is 0.190. The summed E-state index contributed by atoms with van der Waals surface area (Å²) in [6.07, 6.45) is 2.45. The molecule has 0 spiro atoms. The Balaban J connectivity index is 2.21. The van der Waals surface area contributed by atoms with E-state index in [1.165, 1.54) is 3.97 Å². The van der Waals surface area contributed by atoms with E-state index in [1.807, 2.05) is 20.2 Å². The number of fused-ring (bicyclic) bond motifs is 1. The molecule has 3 rings (SSSR count). The highest BCUT2D eigenvalue weighted by atomic mass is 32.2. The van der Waals surface area contributed by atoms with Gasteiger partial charge in [0.05, 0.1) is 12.6 Å². The molecule has 5 nitrogen and oxygen atoms in total. The number of aromatic nitrogens is 1. The predicted molar refractivity (Wildman–Crippen MR) is 107 cm³/mol. The molecule has 26 heavy (non-hydrogen) atoms. The van der Waals surface area contributed by atoms with Gasteiger partial charge in [-0.25, -0.2) is 12.4 Å². The molecule has 3 aromatic rings. The van der Waals surface area contributed by atoms with E-state index in [4.69, 9.17) is 4.74 Å². The Hall–Kier alpha value is -1.96. The van der Waals surface area contributed by atoms with E-state index in [2.05, 4.69) is 17.5 Å². The van der Waals surface area contributed by atoms with Crippen molar-refractivity contribution >= 4 is 33.6 Å². The lowest BCUT2D eigenvalue weighted by atomic mass is 10.1. The van der Waals surface area contributed by atoms with Crippen molar-refractivity contribution in [2.24, 2.45) is 0 Å². The van der Waals surface area contributed by atoms with Crippen LogP contribution in [0.3, 0.4) is 0 Å². The molecule has 0 saturated heterocycles. The highest BCUT2D eigenvalue weighted by molar-refractivity contribution is 7.91. The van der Waals surface area contributed by atoms with Gasteiger partial charge in [0, 0.05) is 23.0 Å². The van der Waals surface area contributed by atoms with Crippen molar-refractivity contribution in [1.82, 2.24) is 8.87 Å². The molecule has 1 aromatic heterocycles. The molecule has 0 radical (unpaired) electrons. The molecule has 0 amide bonds. The third kappa shape index (κ3) is 3.47. The van der Waals surface area contributed by atoms with Crippen LogP contribution in [0.4, 0.5) is 0 Å². The average Bonchev–Trinajstić information content (AvgIpc) is 2.98. The molecule has 0 aliphatic heterocycles. The van der Waals surface area contributed by atoms with Crippen molar-refractivity contribution < 1.29 is 13.2 Å². The SMILES string of the molecule is COc1ccc2c(c1)c(CCN(C)C)cn2S(=O)(=O)c1ccccc1S. The van der Waals surface area contributed by atoms with Gasteiger partial charge in [0.1, 0.15) is 10.6 Å². The lowest BCUT2D eigenvalue weighted by Crippen LogP contribution is -2.15. The van der Waals surface area contributed by atoms with E-state index in [9.17, 15) is 8.42 Å². The van der Waals surface area contributed by atoms with E-state index in [0.717, 1.165) is 23.9 Å². The first-order valence-corrected chi connectivity index (χ1v) is 10.1. The van der Waals surface area contributed by atoms with Crippen LogP contribution in [-0.2, 0) is 16.4 Å². The molecule has 0 aliphatic carbocycles. The van der Waals surface area contributed by atoms with Crippen LogP contribution in [0.5, 0.6) is 5.75 Å². The maximum absolute atomic E-state index is 13.2. The van der Waals surface area contributed by atoms with Crippen LogP contribution >= 0.6 is 12.6 Å². The van der Waals surface area contributed by atoms with E-state index in [-0.39, 0.29) is 4.90 Å². The van der Waals surface area contributed by atoms with Gasteiger partial charge in [0.15, 0.2) is 0 Å². The predicted octanol–water partition coefficient (Wildman–Crippen LogP) is 3.28. The fourth-order valence-electron chi connectivity index (χ4n) is 2.90. The normalized spacial score (nSPS) is 12.0. The first-order valence-electron chi connectivity index (χ1n) is 8.21. The topological polar surface area (TPSA) is 51.5 Å². The maximum atomic E-state index is 13.2. The van der Waals surface area contributed by atoms with Gasteiger partial charge >= 0.3 is 0 Å². The van der Waals surface area contributed by atoms with Crippen LogP contribution in [-0.4, -0.2) is 45.0 Å². The number of methoxy groups -OCH3 is 1. The Kier molecular flexibility index (Phi) is 5.32. The zero-order valence-corrected chi connectivity index (χ0v) is 16.7. The summed E-state index contributed by atoms with van der Waals surface area (Å²) in [6, 6.07) is 12.2. The largest absolute Gasteiger partial charge is 0.497 e. The van der Waals surface area contributed by atoms with Gasteiger partial charge < -0.3 is 9.64 Å². The van der Waals surface area contributed by atoms with E-state index >= 15 is 0 Å². The summed E-state index contributed by atoms with van der Waals surface area (Å²) in [6.45, 7) is 0.819. The molecular weight excluding hydrogens is 368 g/mol. The summed E-state index contributed by atoms with van der Waals surface area (Å²) < 4.78 is 33.2. The van der Waals surface area contributed by atoms with Crippen molar-refractivity contribution in [3.05, 3.63) is 54.2 Å². The highest BCUT2D eigenvalue weighted by Crippen LogP contribution is 2.31. The summed E-state index contributed by atoms with van der Waals surface area (Å²) in [4.78, 5) is 2.69. The molecule has 138 valence electrons. The Morgan fingerprint density at radius 1 is 1.15 bits per heavy atom. The van der Waals surface area contributed by atoms with Gasteiger partial charge in [-0.3, -0.25) is 0 Å². The number of hydrogen-bond donors (Lipinski definition) is 1. The molecule has 0 unspecified atom stereocenters. The van der Waals surface area contributed by atoms with Gasteiger partial charge in [0.25, 0.3) is 10.0 Å². The molecule has 0 N–H and O–H groups in total. The van der Waals surface area contributed by atoms with Crippen LogP contribution in [0.2, 0.25) is 0 Å². The minimum Gasteiger partial charge on any atom is -0.497 e. The number of rotatable bonds is 6. The fourth-order valence-corrected chi connectivity index (χ4v) is 4.88. The zero-order valence-electron chi connectivity index (χ0n) is 15.0. The van der Waals surface area contributed by atoms with Crippen molar-refractivity contribution in [3.63, 3.8) is 0 Å². The van der Waals surface area contributed by atoms with Crippen LogP contribution in [0.1, 0.15) is 5.56 Å². The second-order valence-electron chi connectivity index (χ2n) is 6.36. The van der Waals surface area contributed by atoms with Gasteiger partial charge in [-0.05, 0) is 56.4 Å². The average molecular weight is 391 g/mol. The lowest BCUT2D eigenvalue weighted by Gasteiger charge is -2.09. The smallest absolute Gasteiger partial charge is 0.269 e. The lowest BCUT2D eigenvalue weighted by molar-refractivity contribution is 0.413. The van der Waals surface area contributed by atoms with Crippen molar-refractivity contribution in [2.75, 3.05) is 27.7 Å². The Bertz CT molecular complexity index is 1040. The molecule has 0 saturated carbocycles.